The van der Waals surface area contributed by atoms with E-state index in [0.717, 1.165) is 0 Å². The van der Waals surface area contributed by atoms with E-state index in [0.29, 0.717) is 23.7 Å². The quantitative estimate of drug-likeness (QED) is 0.105. The second kappa shape index (κ2) is 31.3. The number of allylic oxidation sites excluding steroid dienone is 28. The molecule has 17 aromatic carbocycles. The number of hydrogen-bond donors (Lipinski definition) is 0. The van der Waals surface area contributed by atoms with Crippen molar-refractivity contribution in [3.05, 3.63) is 506 Å². The third-order valence-electron chi connectivity index (χ3n) is 22.3. The molecule has 520 valence electrons. The second-order valence-corrected chi connectivity index (χ2v) is 29.0. The first-order valence-corrected chi connectivity index (χ1v) is 38.4. The van der Waals surface area contributed by atoms with Crippen molar-refractivity contribution < 1.29 is 0 Å². The summed E-state index contributed by atoms with van der Waals surface area (Å²) in [6.07, 6.45) is 44.8. The van der Waals surface area contributed by atoms with E-state index in [-0.39, 0.29) is 0 Å². The van der Waals surface area contributed by atoms with Crippen LogP contribution in [0, 0.1) is 23.7 Å². The van der Waals surface area contributed by atoms with Gasteiger partial charge >= 0.3 is 0 Å². The molecule has 4 unspecified atom stereocenters. The van der Waals surface area contributed by atoms with E-state index >= 15 is 0 Å². The lowest BCUT2D eigenvalue weighted by Gasteiger charge is -2.39. The van der Waals surface area contributed by atoms with Crippen molar-refractivity contribution in [3.63, 3.8) is 0 Å². The van der Waals surface area contributed by atoms with E-state index in [2.05, 4.69) is 461 Å². The Morgan fingerprint density at radius 1 is 0.118 bits per heavy atom. The maximum atomic E-state index is 2.27. The molecule has 0 N–H and O–H groups in total. The fraction of sp³-hybridized carbons (Fsp3) is 0.0364. The van der Waals surface area contributed by atoms with E-state index in [9.17, 15) is 0 Å². The highest BCUT2D eigenvalue weighted by Gasteiger charge is 2.37. The Kier molecular flexibility index (Phi) is 19.4. The van der Waals surface area contributed by atoms with Gasteiger partial charge in [-0.15, -0.1) is 0 Å². The van der Waals surface area contributed by atoms with Crippen LogP contribution in [-0.4, -0.2) is 0 Å². The zero-order valence-corrected chi connectivity index (χ0v) is 61.2. The molecule has 0 aromatic heterocycles. The van der Waals surface area contributed by atoms with Gasteiger partial charge in [0.05, 0.1) is 0 Å². The van der Waals surface area contributed by atoms with Crippen LogP contribution in [0.3, 0.4) is 0 Å². The van der Waals surface area contributed by atoms with Gasteiger partial charge in [-0.25, -0.2) is 0 Å². The zero-order valence-electron chi connectivity index (χ0n) is 61.2. The third kappa shape index (κ3) is 14.4. The number of rotatable bonds is 0. The van der Waals surface area contributed by atoms with Crippen LogP contribution in [0.5, 0.6) is 0 Å². The SMILES string of the molecule is C1=CC2=CC=C3C=CC=C4C=CC(=C1)C2C43.C1=CC2=CC=C3C=CC=C4C=CC(=C1)C2C43.c1cc2ccc3cccc4ccc(c1)c2c34.c1ccc2cc3ccccc3cc2c1.c1ccc2cc3ccccc3cc2c1.c1ccc2cc3ccccc3cc2c1.c1ccc2ccccc2c1.c1ccc2ccccc2c1. The number of fused-ring (bicyclic) bond motifs is 8. The number of hydrogen-bond acceptors (Lipinski definition) is 0. The van der Waals surface area contributed by atoms with Crippen LogP contribution in [0.4, 0.5) is 0 Å². The van der Waals surface area contributed by atoms with Crippen molar-refractivity contribution >= 4 is 118 Å². The Hall–Kier alpha value is -13.8. The lowest BCUT2D eigenvalue weighted by molar-refractivity contribution is 0.564. The van der Waals surface area contributed by atoms with Gasteiger partial charge in [-0.05, 0) is 199 Å². The standard InChI is InChI=1S/2C16H12.C16H10.3C14H10.2C10H8/c3*1-3-11-7-9-13-5-2-6-14-10-8-12(4-1)15(11)16(13)14;3*1-2-6-12-10-14-8-4-3-7-13(14)9-11(12)5-1;2*1-2-6-10-8-4-3-7-9(10)5-1/h2*1-10,15-16H;1-10H;3*1-10H;2*1-8H. The van der Waals surface area contributed by atoms with Gasteiger partial charge < -0.3 is 0 Å². The summed E-state index contributed by atoms with van der Waals surface area (Å²) in [6, 6.07) is 120. The van der Waals surface area contributed by atoms with E-state index in [1.807, 2.05) is 0 Å². The minimum atomic E-state index is 0.561. The van der Waals surface area contributed by atoms with Gasteiger partial charge in [0.25, 0.3) is 0 Å². The molecule has 0 nitrogen and oxygen atoms in total. The molecule has 0 aliphatic heterocycles. The molecule has 0 fully saturated rings. The van der Waals surface area contributed by atoms with Gasteiger partial charge in [-0.2, -0.15) is 0 Å². The fourth-order valence-electron chi connectivity index (χ4n) is 16.8. The largest absolute Gasteiger partial charge is 0.0617 e. The molecule has 17 aromatic rings. The summed E-state index contributed by atoms with van der Waals surface area (Å²) in [4.78, 5) is 0. The van der Waals surface area contributed by atoms with Crippen LogP contribution in [-0.2, 0) is 0 Å². The summed E-state index contributed by atoms with van der Waals surface area (Å²) in [5, 5.41) is 29.1. The van der Waals surface area contributed by atoms with Crippen molar-refractivity contribution in [2.45, 2.75) is 0 Å². The fourth-order valence-corrected chi connectivity index (χ4v) is 16.8. The van der Waals surface area contributed by atoms with Crippen molar-refractivity contribution in [1.29, 1.82) is 0 Å². The maximum absolute atomic E-state index is 2.27. The lowest BCUT2D eigenvalue weighted by Crippen LogP contribution is -2.28. The Morgan fingerprint density at radius 2 is 0.264 bits per heavy atom. The van der Waals surface area contributed by atoms with E-state index < -0.39 is 0 Å². The normalized spacial score (nSPS) is 17.1. The summed E-state index contributed by atoms with van der Waals surface area (Å²) in [6.45, 7) is 0. The Bertz CT molecular complexity index is 5730. The molecule has 8 aliphatic rings. The van der Waals surface area contributed by atoms with Crippen LogP contribution in [0.2, 0.25) is 0 Å². The molecule has 4 atom stereocenters. The highest BCUT2D eigenvalue weighted by atomic mass is 14.4. The molecule has 0 saturated carbocycles. The first kappa shape index (κ1) is 68.1. The van der Waals surface area contributed by atoms with E-state index in [4.69, 9.17) is 0 Å². The Balaban J connectivity index is 0.0000000887. The van der Waals surface area contributed by atoms with Crippen LogP contribution in [0.25, 0.3) is 118 Å². The predicted octanol–water partition coefficient (Wildman–Crippen LogP) is 29.5. The van der Waals surface area contributed by atoms with Gasteiger partial charge in [-0.1, -0.05) is 425 Å². The van der Waals surface area contributed by atoms with Crippen molar-refractivity contribution in [2.24, 2.45) is 23.7 Å². The van der Waals surface area contributed by atoms with Crippen molar-refractivity contribution in [3.8, 4) is 0 Å². The highest BCUT2D eigenvalue weighted by Crippen LogP contribution is 2.50. The van der Waals surface area contributed by atoms with Gasteiger partial charge in [0.15, 0.2) is 0 Å². The zero-order chi connectivity index (χ0) is 73.4. The number of benzene rings is 17. The molecular weight excluding hydrogens is 1320 g/mol. The molecule has 8 aliphatic carbocycles. The summed E-state index contributed by atoms with van der Waals surface area (Å²) in [5.41, 5.74) is 11.6. The molecular formula is C110H80. The summed E-state index contributed by atoms with van der Waals surface area (Å²) in [7, 11) is 0. The summed E-state index contributed by atoms with van der Waals surface area (Å²) < 4.78 is 0. The highest BCUT2D eigenvalue weighted by molar-refractivity contribution is 6.23. The van der Waals surface area contributed by atoms with Gasteiger partial charge in [0.1, 0.15) is 0 Å². The van der Waals surface area contributed by atoms with Gasteiger partial charge in [0, 0.05) is 23.7 Å². The monoisotopic (exact) mass is 1400 g/mol. The van der Waals surface area contributed by atoms with E-state index in [1.54, 1.807) is 0 Å². The average molecular weight is 1400 g/mol. The minimum absolute atomic E-state index is 0.561. The molecule has 0 amide bonds. The Labute approximate surface area is 643 Å². The van der Waals surface area contributed by atoms with Crippen molar-refractivity contribution in [2.75, 3.05) is 0 Å². The topological polar surface area (TPSA) is 0 Å². The molecule has 0 heterocycles. The molecule has 25 rings (SSSR count). The van der Waals surface area contributed by atoms with Crippen LogP contribution in [0.15, 0.2) is 506 Å². The van der Waals surface area contributed by atoms with E-state index in [1.165, 1.54) is 163 Å². The van der Waals surface area contributed by atoms with Gasteiger partial charge in [-0.3, -0.25) is 0 Å². The maximum Gasteiger partial charge on any atom is 0.0199 e. The predicted molar refractivity (Wildman–Crippen MR) is 476 cm³/mol. The average Bonchev–Trinajstić information content (AvgIpc) is 0.758. The Morgan fingerprint density at radius 3 is 0.436 bits per heavy atom. The second-order valence-electron chi connectivity index (χ2n) is 29.0. The van der Waals surface area contributed by atoms with Crippen LogP contribution in [0.1, 0.15) is 0 Å². The molecule has 0 heteroatoms. The molecule has 0 spiro atoms. The first-order valence-electron chi connectivity index (χ1n) is 38.4. The van der Waals surface area contributed by atoms with Crippen molar-refractivity contribution in [1.82, 2.24) is 0 Å². The van der Waals surface area contributed by atoms with Gasteiger partial charge in [0.2, 0.25) is 0 Å². The summed E-state index contributed by atoms with van der Waals surface area (Å²) >= 11 is 0. The molecule has 0 saturated heterocycles. The third-order valence-corrected chi connectivity index (χ3v) is 22.3. The molecule has 110 heavy (non-hydrogen) atoms. The molecule has 0 bridgehead atoms. The summed E-state index contributed by atoms with van der Waals surface area (Å²) in [5.74, 6) is 2.25. The van der Waals surface area contributed by atoms with Crippen LogP contribution < -0.4 is 0 Å². The minimum Gasteiger partial charge on any atom is -0.0617 e. The van der Waals surface area contributed by atoms with Crippen LogP contribution >= 0.6 is 0 Å². The first-order chi connectivity index (χ1) is 54.5. The molecule has 0 radical (unpaired) electrons. The lowest BCUT2D eigenvalue weighted by atomic mass is 9.65. The smallest absolute Gasteiger partial charge is 0.0199 e.